The standard InChI is InChI=1S/C22H23N3O4/c1-14-6-4-5-7-15(14)13-25-19(8-9-20(25)26)22-23-21(24-29-22)16-10-17(27-2)12-18(11-16)28-3/h4-7,10-12,19H,8-9,13H2,1-3H3. The van der Waals surface area contributed by atoms with Gasteiger partial charge in [-0.15, -0.1) is 0 Å². The summed E-state index contributed by atoms with van der Waals surface area (Å²) in [6, 6.07) is 13.3. The molecule has 0 N–H and O–H groups in total. The molecule has 0 aliphatic carbocycles. The Bertz CT molecular complexity index is 1010. The van der Waals surface area contributed by atoms with Gasteiger partial charge in [0, 0.05) is 24.6 Å². The van der Waals surface area contributed by atoms with Crippen molar-refractivity contribution >= 4 is 5.91 Å². The number of carbonyl (C=O) groups is 1. The molecule has 2 aromatic carbocycles. The van der Waals surface area contributed by atoms with Crippen LogP contribution in [0.3, 0.4) is 0 Å². The minimum Gasteiger partial charge on any atom is -0.497 e. The fraction of sp³-hybridized carbons (Fsp3) is 0.318. The van der Waals surface area contributed by atoms with Gasteiger partial charge in [0.25, 0.3) is 0 Å². The molecule has 29 heavy (non-hydrogen) atoms. The van der Waals surface area contributed by atoms with Gasteiger partial charge in [-0.05, 0) is 36.6 Å². The third-order valence-corrected chi connectivity index (χ3v) is 5.27. The number of ether oxygens (including phenoxy) is 2. The van der Waals surface area contributed by atoms with E-state index in [1.165, 1.54) is 0 Å². The number of methoxy groups -OCH3 is 2. The van der Waals surface area contributed by atoms with Crippen molar-refractivity contribution in [3.63, 3.8) is 0 Å². The van der Waals surface area contributed by atoms with E-state index >= 15 is 0 Å². The molecule has 1 aliphatic rings. The van der Waals surface area contributed by atoms with E-state index < -0.39 is 0 Å². The lowest BCUT2D eigenvalue weighted by molar-refractivity contribution is -0.130. The summed E-state index contributed by atoms with van der Waals surface area (Å²) in [5, 5.41) is 4.13. The highest BCUT2D eigenvalue weighted by molar-refractivity contribution is 5.79. The molecular weight excluding hydrogens is 370 g/mol. The number of aryl methyl sites for hydroxylation is 1. The van der Waals surface area contributed by atoms with Crippen molar-refractivity contribution in [2.24, 2.45) is 0 Å². The van der Waals surface area contributed by atoms with Crippen molar-refractivity contribution < 1.29 is 18.8 Å². The minimum absolute atomic E-state index is 0.0982. The summed E-state index contributed by atoms with van der Waals surface area (Å²) < 4.78 is 16.2. The third kappa shape index (κ3) is 3.81. The maximum absolute atomic E-state index is 12.5. The van der Waals surface area contributed by atoms with Crippen LogP contribution >= 0.6 is 0 Å². The van der Waals surface area contributed by atoms with Crippen molar-refractivity contribution in [2.75, 3.05) is 14.2 Å². The largest absolute Gasteiger partial charge is 0.497 e. The average Bonchev–Trinajstić information content (AvgIpc) is 3.36. The van der Waals surface area contributed by atoms with Crippen LogP contribution in [-0.4, -0.2) is 35.2 Å². The Labute approximate surface area is 169 Å². The Kier molecular flexibility index (Phi) is 5.20. The molecule has 7 heteroatoms. The summed E-state index contributed by atoms with van der Waals surface area (Å²) in [5.74, 6) is 2.26. The van der Waals surface area contributed by atoms with Crippen LogP contribution in [0, 0.1) is 6.92 Å². The van der Waals surface area contributed by atoms with Crippen LogP contribution in [-0.2, 0) is 11.3 Å². The Hall–Kier alpha value is -3.35. The van der Waals surface area contributed by atoms with E-state index in [2.05, 4.69) is 10.1 Å². The molecule has 7 nitrogen and oxygen atoms in total. The summed E-state index contributed by atoms with van der Waals surface area (Å²) in [5.41, 5.74) is 3.00. The van der Waals surface area contributed by atoms with Crippen molar-refractivity contribution in [1.29, 1.82) is 0 Å². The van der Waals surface area contributed by atoms with Gasteiger partial charge in [-0.3, -0.25) is 4.79 Å². The second kappa shape index (κ2) is 7.95. The minimum atomic E-state index is -0.226. The van der Waals surface area contributed by atoms with Gasteiger partial charge < -0.3 is 18.9 Å². The van der Waals surface area contributed by atoms with E-state index in [4.69, 9.17) is 14.0 Å². The number of amides is 1. The number of likely N-dealkylation sites (tertiary alicyclic amines) is 1. The molecule has 1 atom stereocenters. The average molecular weight is 393 g/mol. The van der Waals surface area contributed by atoms with Crippen molar-refractivity contribution in [1.82, 2.24) is 15.0 Å². The molecule has 2 heterocycles. The molecule has 1 amide bonds. The summed E-state index contributed by atoms with van der Waals surface area (Å²) in [6.45, 7) is 2.58. The van der Waals surface area contributed by atoms with Gasteiger partial charge in [0.1, 0.15) is 17.5 Å². The van der Waals surface area contributed by atoms with Crippen LogP contribution < -0.4 is 9.47 Å². The molecule has 0 bridgehead atoms. The predicted molar refractivity (Wildman–Crippen MR) is 107 cm³/mol. The first-order valence-electron chi connectivity index (χ1n) is 9.50. The van der Waals surface area contributed by atoms with E-state index in [0.717, 1.165) is 16.7 Å². The number of carbonyl (C=O) groups excluding carboxylic acids is 1. The van der Waals surface area contributed by atoms with Crippen molar-refractivity contribution in [3.05, 3.63) is 59.5 Å². The lowest BCUT2D eigenvalue weighted by Gasteiger charge is -2.23. The first-order valence-corrected chi connectivity index (χ1v) is 9.50. The van der Waals surface area contributed by atoms with E-state index in [9.17, 15) is 4.79 Å². The van der Waals surface area contributed by atoms with E-state index in [1.54, 1.807) is 20.3 Å². The molecule has 4 rings (SSSR count). The number of hydrogen-bond donors (Lipinski definition) is 0. The van der Waals surface area contributed by atoms with Crippen LogP contribution in [0.25, 0.3) is 11.4 Å². The summed E-state index contributed by atoms with van der Waals surface area (Å²) in [6.07, 6.45) is 1.13. The maximum Gasteiger partial charge on any atom is 0.249 e. The number of benzene rings is 2. The van der Waals surface area contributed by atoms with Gasteiger partial charge >= 0.3 is 0 Å². The second-order valence-electron chi connectivity index (χ2n) is 7.06. The van der Waals surface area contributed by atoms with Gasteiger partial charge in [-0.25, -0.2) is 0 Å². The Morgan fingerprint density at radius 3 is 2.55 bits per heavy atom. The molecule has 3 aromatic rings. The van der Waals surface area contributed by atoms with E-state index in [-0.39, 0.29) is 11.9 Å². The van der Waals surface area contributed by atoms with Gasteiger partial charge in [-0.1, -0.05) is 29.4 Å². The summed E-state index contributed by atoms with van der Waals surface area (Å²) in [4.78, 5) is 18.9. The third-order valence-electron chi connectivity index (χ3n) is 5.27. The highest BCUT2D eigenvalue weighted by Gasteiger charge is 2.36. The van der Waals surface area contributed by atoms with Crippen molar-refractivity contribution in [3.8, 4) is 22.9 Å². The van der Waals surface area contributed by atoms with Crippen LogP contribution in [0.1, 0.15) is 35.9 Å². The number of hydrogen-bond acceptors (Lipinski definition) is 6. The first kappa shape index (κ1) is 19.0. The predicted octanol–water partition coefficient (Wildman–Crippen LogP) is 3.93. The zero-order valence-electron chi connectivity index (χ0n) is 16.7. The Balaban J connectivity index is 1.61. The zero-order valence-corrected chi connectivity index (χ0v) is 16.7. The Morgan fingerprint density at radius 1 is 1.14 bits per heavy atom. The topological polar surface area (TPSA) is 77.7 Å². The molecule has 1 unspecified atom stereocenters. The lowest BCUT2D eigenvalue weighted by atomic mass is 10.1. The fourth-order valence-electron chi connectivity index (χ4n) is 3.58. The summed E-state index contributed by atoms with van der Waals surface area (Å²) in [7, 11) is 3.18. The molecular formula is C22H23N3O4. The maximum atomic E-state index is 12.5. The highest BCUT2D eigenvalue weighted by Crippen LogP contribution is 2.35. The van der Waals surface area contributed by atoms with Gasteiger partial charge in [0.15, 0.2) is 0 Å². The SMILES string of the molecule is COc1cc(OC)cc(-c2noc(C3CCC(=O)N3Cc3ccccc3C)n2)c1. The normalized spacial score (nSPS) is 16.3. The number of rotatable bonds is 6. The number of aromatic nitrogens is 2. The van der Waals surface area contributed by atoms with E-state index in [1.807, 2.05) is 48.2 Å². The van der Waals surface area contributed by atoms with E-state index in [0.29, 0.717) is 42.6 Å². The molecule has 1 aliphatic heterocycles. The molecule has 1 saturated heterocycles. The highest BCUT2D eigenvalue weighted by atomic mass is 16.5. The Morgan fingerprint density at radius 2 is 1.86 bits per heavy atom. The van der Waals surface area contributed by atoms with Gasteiger partial charge in [0.05, 0.1) is 14.2 Å². The molecule has 0 saturated carbocycles. The number of nitrogens with zero attached hydrogens (tertiary/aromatic N) is 3. The molecule has 0 spiro atoms. The second-order valence-corrected chi connectivity index (χ2v) is 7.06. The quantitative estimate of drug-likeness (QED) is 0.632. The van der Waals surface area contributed by atoms with Crippen LogP contribution in [0.5, 0.6) is 11.5 Å². The first-order chi connectivity index (χ1) is 14.1. The molecule has 150 valence electrons. The van der Waals surface area contributed by atoms with Gasteiger partial charge in [0.2, 0.25) is 17.6 Å². The fourth-order valence-corrected chi connectivity index (χ4v) is 3.58. The van der Waals surface area contributed by atoms with Crippen molar-refractivity contribution in [2.45, 2.75) is 32.4 Å². The zero-order chi connectivity index (χ0) is 20.4. The lowest BCUT2D eigenvalue weighted by Crippen LogP contribution is -2.27. The van der Waals surface area contributed by atoms with Crippen LogP contribution in [0.15, 0.2) is 47.0 Å². The monoisotopic (exact) mass is 393 g/mol. The smallest absolute Gasteiger partial charge is 0.249 e. The van der Waals surface area contributed by atoms with Gasteiger partial charge in [-0.2, -0.15) is 4.98 Å². The molecule has 1 fully saturated rings. The van der Waals surface area contributed by atoms with Crippen LogP contribution in [0.4, 0.5) is 0 Å². The van der Waals surface area contributed by atoms with Crippen LogP contribution in [0.2, 0.25) is 0 Å². The molecule has 0 radical (unpaired) electrons. The summed E-state index contributed by atoms with van der Waals surface area (Å²) >= 11 is 0. The molecule has 1 aromatic heterocycles.